The van der Waals surface area contributed by atoms with E-state index < -0.39 is 0 Å². The molecule has 2 aromatic carbocycles. The van der Waals surface area contributed by atoms with Gasteiger partial charge in [-0.05, 0) is 43.2 Å². The number of hydrogen-bond acceptors (Lipinski definition) is 2. The van der Waals surface area contributed by atoms with Crippen molar-refractivity contribution in [1.82, 2.24) is 0 Å². The van der Waals surface area contributed by atoms with Gasteiger partial charge in [0.2, 0.25) is 0 Å². The van der Waals surface area contributed by atoms with Gasteiger partial charge in [-0.1, -0.05) is 41.1 Å². The van der Waals surface area contributed by atoms with Crippen molar-refractivity contribution in [2.24, 2.45) is 0 Å². The van der Waals surface area contributed by atoms with E-state index in [1.807, 2.05) is 30.3 Å². The maximum atomic E-state index is 9.94. The predicted molar refractivity (Wildman–Crippen MR) is 83.6 cm³/mol. The van der Waals surface area contributed by atoms with Gasteiger partial charge in [0.15, 0.2) is 0 Å². The second-order valence-electron chi connectivity index (χ2n) is 4.63. The van der Waals surface area contributed by atoms with Crippen molar-refractivity contribution in [3.8, 4) is 5.75 Å². The van der Waals surface area contributed by atoms with Crippen molar-refractivity contribution < 1.29 is 5.11 Å². The largest absolute Gasteiger partial charge is 0.508 e. The molecule has 2 N–H and O–H groups in total. The molecule has 0 saturated carbocycles. The molecule has 0 heterocycles. The molecule has 1 atom stereocenters. The first-order valence-electron chi connectivity index (χ1n) is 6.42. The van der Waals surface area contributed by atoms with Gasteiger partial charge < -0.3 is 10.4 Å². The molecule has 2 nitrogen and oxygen atoms in total. The Labute approximate surface area is 122 Å². The van der Waals surface area contributed by atoms with Crippen LogP contribution in [0.5, 0.6) is 5.75 Å². The molecule has 3 heteroatoms. The minimum Gasteiger partial charge on any atom is -0.508 e. The van der Waals surface area contributed by atoms with Crippen LogP contribution in [0.3, 0.4) is 0 Å². The molecule has 0 aliphatic carbocycles. The van der Waals surface area contributed by atoms with Crippen molar-refractivity contribution in [3.63, 3.8) is 0 Å². The van der Waals surface area contributed by atoms with Crippen LogP contribution in [-0.4, -0.2) is 5.11 Å². The van der Waals surface area contributed by atoms with E-state index in [1.165, 1.54) is 5.56 Å². The Hall–Kier alpha value is -1.48. The van der Waals surface area contributed by atoms with Gasteiger partial charge in [-0.15, -0.1) is 0 Å². The summed E-state index contributed by atoms with van der Waals surface area (Å²) in [7, 11) is 0. The summed E-state index contributed by atoms with van der Waals surface area (Å²) in [6.07, 6.45) is 0.909. The number of halogens is 1. The summed E-state index contributed by atoms with van der Waals surface area (Å²) in [5.74, 6) is 0.343. The summed E-state index contributed by atoms with van der Waals surface area (Å²) < 4.78 is 1.11. The second-order valence-corrected chi connectivity index (χ2v) is 5.48. The molecule has 0 fully saturated rings. The first-order valence-corrected chi connectivity index (χ1v) is 7.21. The normalized spacial score (nSPS) is 12.2. The molecule has 0 aliphatic heterocycles. The van der Waals surface area contributed by atoms with Crippen molar-refractivity contribution in [2.75, 3.05) is 5.32 Å². The lowest BCUT2D eigenvalue weighted by Crippen LogP contribution is -2.09. The maximum Gasteiger partial charge on any atom is 0.120 e. The van der Waals surface area contributed by atoms with Crippen LogP contribution >= 0.6 is 15.9 Å². The van der Waals surface area contributed by atoms with E-state index in [4.69, 9.17) is 0 Å². The predicted octanol–water partition coefficient (Wildman–Crippen LogP) is 5.03. The molecule has 100 valence electrons. The summed E-state index contributed by atoms with van der Waals surface area (Å²) in [6, 6.07) is 13.8. The highest BCUT2D eigenvalue weighted by Crippen LogP contribution is 2.30. The molecular formula is C16H18BrNO. The zero-order valence-electron chi connectivity index (χ0n) is 11.2. The third-order valence-corrected chi connectivity index (χ3v) is 4.11. The van der Waals surface area contributed by atoms with Crippen molar-refractivity contribution in [3.05, 3.63) is 58.1 Å². The van der Waals surface area contributed by atoms with Gasteiger partial charge in [-0.2, -0.15) is 0 Å². The molecule has 19 heavy (non-hydrogen) atoms. The fourth-order valence-electron chi connectivity index (χ4n) is 2.12. The van der Waals surface area contributed by atoms with E-state index >= 15 is 0 Å². The molecule has 0 saturated heterocycles. The highest BCUT2D eigenvalue weighted by molar-refractivity contribution is 9.10. The number of rotatable bonds is 4. The Balaban J connectivity index is 2.24. The van der Waals surface area contributed by atoms with Crippen LogP contribution in [0.4, 0.5) is 5.69 Å². The zero-order chi connectivity index (χ0) is 13.8. The van der Waals surface area contributed by atoms with Crippen molar-refractivity contribution in [2.45, 2.75) is 26.3 Å². The Kier molecular flexibility index (Phi) is 4.48. The molecular weight excluding hydrogens is 302 g/mol. The Morgan fingerprint density at radius 1 is 1.21 bits per heavy atom. The minimum atomic E-state index is 0.113. The van der Waals surface area contributed by atoms with E-state index in [9.17, 15) is 5.11 Å². The highest BCUT2D eigenvalue weighted by atomic mass is 79.9. The summed E-state index contributed by atoms with van der Waals surface area (Å²) in [6.45, 7) is 4.17. The van der Waals surface area contributed by atoms with Crippen LogP contribution in [-0.2, 0) is 0 Å². The lowest BCUT2D eigenvalue weighted by Gasteiger charge is -2.20. The third-order valence-electron chi connectivity index (χ3n) is 3.22. The van der Waals surface area contributed by atoms with Crippen molar-refractivity contribution in [1.29, 1.82) is 0 Å². The molecule has 0 aliphatic rings. The van der Waals surface area contributed by atoms with E-state index in [0.717, 1.165) is 22.1 Å². The standard InChI is InChI=1S/C16H18BrNO/c1-3-15(13-6-4-5-7-16(13)19)18-12-8-9-14(17)11(2)10-12/h4-10,15,18-19H,3H2,1-2H3. The maximum absolute atomic E-state index is 9.94. The molecule has 0 radical (unpaired) electrons. The van der Waals surface area contributed by atoms with Gasteiger partial charge in [-0.25, -0.2) is 0 Å². The molecule has 0 bridgehead atoms. The number of nitrogens with one attached hydrogen (secondary N) is 1. The van der Waals surface area contributed by atoms with E-state index in [0.29, 0.717) is 5.75 Å². The highest BCUT2D eigenvalue weighted by Gasteiger charge is 2.13. The van der Waals surface area contributed by atoms with Crippen molar-refractivity contribution >= 4 is 21.6 Å². The lowest BCUT2D eigenvalue weighted by atomic mass is 10.0. The summed E-state index contributed by atoms with van der Waals surface area (Å²) >= 11 is 3.50. The molecule has 2 aromatic rings. The number of benzene rings is 2. The molecule has 2 rings (SSSR count). The van der Waals surface area contributed by atoms with Gasteiger partial charge in [0.1, 0.15) is 5.75 Å². The number of phenols is 1. The van der Waals surface area contributed by atoms with Crippen LogP contribution in [0.2, 0.25) is 0 Å². The average Bonchev–Trinajstić information content (AvgIpc) is 2.41. The number of aryl methyl sites for hydroxylation is 1. The molecule has 1 unspecified atom stereocenters. The Morgan fingerprint density at radius 2 is 1.95 bits per heavy atom. The molecule has 0 spiro atoms. The number of para-hydroxylation sites is 1. The number of phenolic OH excluding ortho intramolecular Hbond substituents is 1. The van der Waals surface area contributed by atoms with E-state index in [2.05, 4.69) is 41.2 Å². The van der Waals surface area contributed by atoms with Gasteiger partial charge >= 0.3 is 0 Å². The quantitative estimate of drug-likeness (QED) is 0.828. The van der Waals surface area contributed by atoms with Crippen LogP contribution in [0.15, 0.2) is 46.9 Å². The third kappa shape index (κ3) is 3.29. The SMILES string of the molecule is CCC(Nc1ccc(Br)c(C)c1)c1ccccc1O. The van der Waals surface area contributed by atoms with Crippen LogP contribution in [0.25, 0.3) is 0 Å². The number of aromatic hydroxyl groups is 1. The van der Waals surface area contributed by atoms with Gasteiger partial charge in [0.25, 0.3) is 0 Å². The van der Waals surface area contributed by atoms with Crippen LogP contribution in [0.1, 0.15) is 30.5 Å². The Bertz CT molecular complexity index is 568. The Morgan fingerprint density at radius 3 is 2.58 bits per heavy atom. The van der Waals surface area contributed by atoms with Gasteiger partial charge in [0.05, 0.1) is 6.04 Å². The first kappa shape index (κ1) is 13.9. The van der Waals surface area contributed by atoms with Gasteiger partial charge in [0, 0.05) is 15.7 Å². The molecule has 0 aromatic heterocycles. The molecule has 0 amide bonds. The number of hydrogen-bond donors (Lipinski definition) is 2. The smallest absolute Gasteiger partial charge is 0.120 e. The summed E-state index contributed by atoms with van der Waals surface area (Å²) in [5, 5.41) is 13.4. The van der Waals surface area contributed by atoms with Crippen LogP contribution < -0.4 is 5.32 Å². The minimum absolute atomic E-state index is 0.113. The second kappa shape index (κ2) is 6.11. The monoisotopic (exact) mass is 319 g/mol. The topological polar surface area (TPSA) is 32.3 Å². The fourth-order valence-corrected chi connectivity index (χ4v) is 2.36. The zero-order valence-corrected chi connectivity index (χ0v) is 12.7. The van der Waals surface area contributed by atoms with Crippen LogP contribution in [0, 0.1) is 6.92 Å². The van der Waals surface area contributed by atoms with E-state index in [1.54, 1.807) is 6.07 Å². The summed E-state index contributed by atoms with van der Waals surface area (Å²) in [5.41, 5.74) is 3.19. The summed E-state index contributed by atoms with van der Waals surface area (Å²) in [4.78, 5) is 0. The number of anilines is 1. The van der Waals surface area contributed by atoms with Gasteiger partial charge in [-0.3, -0.25) is 0 Å². The fraction of sp³-hybridized carbons (Fsp3) is 0.250. The first-order chi connectivity index (χ1) is 9.11. The van der Waals surface area contributed by atoms with E-state index in [-0.39, 0.29) is 6.04 Å². The average molecular weight is 320 g/mol. The lowest BCUT2D eigenvalue weighted by molar-refractivity contribution is 0.463.